The zero-order valence-corrected chi connectivity index (χ0v) is 11.3. The van der Waals surface area contributed by atoms with E-state index >= 15 is 0 Å². The second kappa shape index (κ2) is 5.97. The Balaban J connectivity index is 3.19. The highest BCUT2D eigenvalue weighted by molar-refractivity contribution is 7.89. The summed E-state index contributed by atoms with van der Waals surface area (Å²) in [7, 11) is -3.60. The minimum absolute atomic E-state index is 0.0244. The van der Waals surface area contributed by atoms with Gasteiger partial charge in [-0.2, -0.15) is 4.31 Å². The molecule has 0 aromatic heterocycles. The molecule has 1 N–H and O–H groups in total. The fraction of sp³-hybridized carbons (Fsp3) is 0.417. The van der Waals surface area contributed by atoms with Crippen molar-refractivity contribution < 1.29 is 18.3 Å². The normalized spacial score (nSPS) is 11.7. The Kier molecular flexibility index (Phi) is 4.86. The van der Waals surface area contributed by atoms with Gasteiger partial charge in [-0.1, -0.05) is 19.9 Å². The molecule has 0 spiro atoms. The summed E-state index contributed by atoms with van der Waals surface area (Å²) in [6, 6.07) is 5.42. The average molecular weight is 271 g/mol. The Morgan fingerprint density at radius 3 is 2.50 bits per heavy atom. The van der Waals surface area contributed by atoms with E-state index in [9.17, 15) is 13.2 Å². The summed E-state index contributed by atoms with van der Waals surface area (Å²) >= 11 is 0. The van der Waals surface area contributed by atoms with E-state index in [1.807, 2.05) is 6.92 Å². The third kappa shape index (κ3) is 3.08. The van der Waals surface area contributed by atoms with Gasteiger partial charge in [-0.3, -0.25) is 0 Å². The first kappa shape index (κ1) is 14.7. The van der Waals surface area contributed by atoms with Gasteiger partial charge in [0.2, 0.25) is 10.0 Å². The minimum Gasteiger partial charge on any atom is -0.478 e. The molecule has 0 aliphatic rings. The van der Waals surface area contributed by atoms with Crippen molar-refractivity contribution in [2.45, 2.75) is 25.2 Å². The largest absolute Gasteiger partial charge is 0.478 e. The molecule has 0 unspecified atom stereocenters. The van der Waals surface area contributed by atoms with Crippen LogP contribution in [0.15, 0.2) is 29.2 Å². The van der Waals surface area contributed by atoms with Crippen molar-refractivity contribution in [1.82, 2.24) is 4.31 Å². The lowest BCUT2D eigenvalue weighted by Crippen LogP contribution is -2.31. The van der Waals surface area contributed by atoms with Crippen LogP contribution in [0.25, 0.3) is 0 Å². The maximum absolute atomic E-state index is 12.3. The van der Waals surface area contributed by atoms with E-state index in [1.165, 1.54) is 28.6 Å². The standard InChI is InChI=1S/C12H17NO4S/c1-3-8-13(4-2)18(16,17)11-7-5-6-10(9-11)12(14)15/h5-7,9H,3-4,8H2,1-2H3,(H,14,15). The molecule has 1 aromatic carbocycles. The number of rotatable bonds is 6. The molecule has 1 rings (SSSR count). The highest BCUT2D eigenvalue weighted by Crippen LogP contribution is 2.17. The van der Waals surface area contributed by atoms with Crippen LogP contribution in [0.1, 0.15) is 30.6 Å². The first-order valence-corrected chi connectivity index (χ1v) is 7.21. The molecule has 5 nitrogen and oxygen atoms in total. The van der Waals surface area contributed by atoms with Gasteiger partial charge < -0.3 is 5.11 Å². The van der Waals surface area contributed by atoms with Crippen LogP contribution in [0, 0.1) is 0 Å². The highest BCUT2D eigenvalue weighted by Gasteiger charge is 2.22. The quantitative estimate of drug-likeness (QED) is 0.856. The van der Waals surface area contributed by atoms with Gasteiger partial charge in [0.15, 0.2) is 0 Å². The lowest BCUT2D eigenvalue weighted by Gasteiger charge is -2.19. The van der Waals surface area contributed by atoms with Crippen molar-refractivity contribution in [1.29, 1.82) is 0 Å². The Morgan fingerprint density at radius 1 is 1.33 bits per heavy atom. The zero-order valence-electron chi connectivity index (χ0n) is 10.5. The van der Waals surface area contributed by atoms with Crippen molar-refractivity contribution in [2.24, 2.45) is 0 Å². The Bertz CT molecular complexity index is 525. The molecule has 100 valence electrons. The van der Waals surface area contributed by atoms with Gasteiger partial charge in [0.1, 0.15) is 0 Å². The molecule has 0 aliphatic heterocycles. The third-order valence-electron chi connectivity index (χ3n) is 2.54. The number of benzene rings is 1. The molecule has 0 bridgehead atoms. The Hall–Kier alpha value is -1.40. The Morgan fingerprint density at radius 2 is 2.00 bits per heavy atom. The van der Waals surface area contributed by atoms with E-state index in [2.05, 4.69) is 0 Å². The molecule has 0 atom stereocenters. The predicted octanol–water partition coefficient (Wildman–Crippen LogP) is 1.81. The number of hydrogen-bond donors (Lipinski definition) is 1. The SMILES string of the molecule is CCCN(CC)S(=O)(=O)c1cccc(C(=O)O)c1. The topological polar surface area (TPSA) is 74.7 Å². The van der Waals surface area contributed by atoms with Crippen LogP contribution in [0.5, 0.6) is 0 Å². The summed E-state index contributed by atoms with van der Waals surface area (Å²) in [6.45, 7) is 4.45. The lowest BCUT2D eigenvalue weighted by molar-refractivity contribution is 0.0696. The molecular formula is C12H17NO4S. The van der Waals surface area contributed by atoms with Crippen molar-refractivity contribution in [3.05, 3.63) is 29.8 Å². The van der Waals surface area contributed by atoms with Crippen molar-refractivity contribution in [3.63, 3.8) is 0 Å². The molecular weight excluding hydrogens is 254 g/mol. The van der Waals surface area contributed by atoms with Crippen molar-refractivity contribution >= 4 is 16.0 Å². The second-order valence-corrected chi connectivity index (χ2v) is 5.77. The van der Waals surface area contributed by atoms with Crippen LogP contribution >= 0.6 is 0 Å². The summed E-state index contributed by atoms with van der Waals surface area (Å²) in [5.74, 6) is -1.13. The summed E-state index contributed by atoms with van der Waals surface area (Å²) in [6.07, 6.45) is 0.714. The molecule has 0 amide bonds. The van der Waals surface area contributed by atoms with E-state index in [-0.39, 0.29) is 10.5 Å². The fourth-order valence-electron chi connectivity index (χ4n) is 1.64. The molecule has 0 radical (unpaired) electrons. The van der Waals surface area contributed by atoms with Crippen molar-refractivity contribution in [2.75, 3.05) is 13.1 Å². The number of sulfonamides is 1. The number of aromatic carboxylic acids is 1. The van der Waals surface area contributed by atoms with Gasteiger partial charge >= 0.3 is 5.97 Å². The minimum atomic E-state index is -3.60. The van der Waals surface area contributed by atoms with Crippen LogP contribution in [-0.2, 0) is 10.0 Å². The van der Waals surface area contributed by atoms with Gasteiger partial charge in [0.25, 0.3) is 0 Å². The van der Waals surface area contributed by atoms with Crippen LogP contribution in [-0.4, -0.2) is 36.9 Å². The predicted molar refractivity (Wildman–Crippen MR) is 68.1 cm³/mol. The smallest absolute Gasteiger partial charge is 0.335 e. The molecule has 0 fully saturated rings. The molecule has 0 aliphatic carbocycles. The first-order valence-electron chi connectivity index (χ1n) is 5.77. The van der Waals surface area contributed by atoms with Crippen molar-refractivity contribution in [3.8, 4) is 0 Å². The summed E-state index contributed by atoms with van der Waals surface area (Å²) in [4.78, 5) is 10.9. The van der Waals surface area contributed by atoms with E-state index in [4.69, 9.17) is 5.11 Å². The van der Waals surface area contributed by atoms with E-state index < -0.39 is 16.0 Å². The van der Waals surface area contributed by atoms with Crippen LogP contribution in [0.4, 0.5) is 0 Å². The molecule has 18 heavy (non-hydrogen) atoms. The lowest BCUT2D eigenvalue weighted by atomic mass is 10.2. The van der Waals surface area contributed by atoms with Gasteiger partial charge in [0, 0.05) is 13.1 Å². The number of nitrogens with zero attached hydrogens (tertiary/aromatic N) is 1. The molecule has 1 aromatic rings. The maximum Gasteiger partial charge on any atom is 0.335 e. The third-order valence-corrected chi connectivity index (χ3v) is 4.51. The number of carboxylic acid groups (broad SMARTS) is 1. The van der Waals surface area contributed by atoms with E-state index in [1.54, 1.807) is 6.92 Å². The van der Waals surface area contributed by atoms with Crippen LogP contribution in [0.3, 0.4) is 0 Å². The van der Waals surface area contributed by atoms with Crippen LogP contribution < -0.4 is 0 Å². The highest BCUT2D eigenvalue weighted by atomic mass is 32.2. The monoisotopic (exact) mass is 271 g/mol. The summed E-state index contributed by atoms with van der Waals surface area (Å²) < 4.78 is 25.9. The average Bonchev–Trinajstić information content (AvgIpc) is 2.35. The number of hydrogen-bond acceptors (Lipinski definition) is 3. The summed E-state index contributed by atoms with van der Waals surface area (Å²) in [5, 5.41) is 8.87. The summed E-state index contributed by atoms with van der Waals surface area (Å²) in [5.41, 5.74) is -0.0244. The van der Waals surface area contributed by atoms with E-state index in [0.29, 0.717) is 19.5 Å². The van der Waals surface area contributed by atoms with Gasteiger partial charge in [-0.25, -0.2) is 13.2 Å². The van der Waals surface area contributed by atoms with Crippen LogP contribution in [0.2, 0.25) is 0 Å². The van der Waals surface area contributed by atoms with Gasteiger partial charge in [-0.15, -0.1) is 0 Å². The number of carboxylic acids is 1. The van der Waals surface area contributed by atoms with Gasteiger partial charge in [-0.05, 0) is 24.6 Å². The molecule has 0 saturated heterocycles. The van der Waals surface area contributed by atoms with Gasteiger partial charge in [0.05, 0.1) is 10.5 Å². The molecule has 0 saturated carbocycles. The number of carbonyl (C=O) groups is 1. The fourth-order valence-corrected chi connectivity index (χ4v) is 3.22. The zero-order chi connectivity index (χ0) is 13.8. The molecule has 0 heterocycles. The van der Waals surface area contributed by atoms with E-state index in [0.717, 1.165) is 0 Å². The molecule has 6 heteroatoms. The first-order chi connectivity index (χ1) is 8.43. The second-order valence-electron chi connectivity index (χ2n) is 3.83. The Labute approximate surface area is 107 Å². The maximum atomic E-state index is 12.3.